The molecule has 1 aliphatic heterocycles. The van der Waals surface area contributed by atoms with Crippen LogP contribution < -0.4 is 10.6 Å². The van der Waals surface area contributed by atoms with Gasteiger partial charge in [0.2, 0.25) is 5.91 Å². The van der Waals surface area contributed by atoms with E-state index in [1.807, 2.05) is 0 Å². The van der Waals surface area contributed by atoms with E-state index in [0.717, 1.165) is 13.1 Å². The second kappa shape index (κ2) is 6.81. The lowest BCUT2D eigenvalue weighted by Crippen LogP contribution is -2.49. The number of benzene rings is 1. The third-order valence-electron chi connectivity index (χ3n) is 3.05. The molecule has 108 valence electrons. The second-order valence-corrected chi connectivity index (χ2v) is 5.30. The van der Waals surface area contributed by atoms with Gasteiger partial charge in [-0.15, -0.1) is 0 Å². The Balaban J connectivity index is 1.88. The summed E-state index contributed by atoms with van der Waals surface area (Å²) in [5.74, 6) is -0.936. The fourth-order valence-electron chi connectivity index (χ4n) is 1.92. The van der Waals surface area contributed by atoms with Crippen LogP contribution in [-0.4, -0.2) is 49.4 Å². The van der Waals surface area contributed by atoms with E-state index in [1.54, 1.807) is 4.90 Å². The average Bonchev–Trinajstić information content (AvgIpc) is 2.48. The van der Waals surface area contributed by atoms with E-state index in [1.165, 1.54) is 18.2 Å². The molecule has 0 spiro atoms. The quantitative estimate of drug-likeness (QED) is 0.851. The molecular weight excluding hydrogens is 329 g/mol. The highest BCUT2D eigenvalue weighted by molar-refractivity contribution is 9.10. The van der Waals surface area contributed by atoms with Gasteiger partial charge >= 0.3 is 0 Å². The highest BCUT2D eigenvalue weighted by atomic mass is 79.9. The molecule has 1 fully saturated rings. The van der Waals surface area contributed by atoms with E-state index in [4.69, 9.17) is 0 Å². The van der Waals surface area contributed by atoms with Crippen molar-refractivity contribution in [2.45, 2.75) is 0 Å². The van der Waals surface area contributed by atoms with Crippen LogP contribution in [0.4, 0.5) is 4.39 Å². The minimum atomic E-state index is -0.432. The molecule has 2 N–H and O–H groups in total. The normalized spacial score (nSPS) is 15.0. The maximum absolute atomic E-state index is 13.1. The first kappa shape index (κ1) is 14.9. The number of piperazine rings is 1. The Kier molecular flexibility index (Phi) is 5.08. The molecule has 7 heteroatoms. The topological polar surface area (TPSA) is 61.4 Å². The number of carbonyl (C=O) groups excluding carboxylic acids is 2. The first-order chi connectivity index (χ1) is 9.58. The van der Waals surface area contributed by atoms with Gasteiger partial charge in [-0.05, 0) is 34.1 Å². The number of nitrogens with zero attached hydrogens (tertiary/aromatic N) is 1. The van der Waals surface area contributed by atoms with Crippen molar-refractivity contribution in [1.82, 2.24) is 15.5 Å². The predicted molar refractivity (Wildman–Crippen MR) is 75.9 cm³/mol. The van der Waals surface area contributed by atoms with E-state index < -0.39 is 11.7 Å². The van der Waals surface area contributed by atoms with Crippen LogP contribution in [0.3, 0.4) is 0 Å². The first-order valence-electron chi connectivity index (χ1n) is 6.29. The van der Waals surface area contributed by atoms with E-state index >= 15 is 0 Å². The molecule has 1 aromatic carbocycles. The Morgan fingerprint density at radius 1 is 1.35 bits per heavy atom. The molecular formula is C13H15BrFN3O2. The predicted octanol–water partition coefficient (Wildman–Crippen LogP) is 0.750. The van der Waals surface area contributed by atoms with E-state index in [2.05, 4.69) is 26.6 Å². The van der Waals surface area contributed by atoms with Gasteiger partial charge in [0.25, 0.3) is 5.91 Å². The van der Waals surface area contributed by atoms with Gasteiger partial charge in [0.05, 0.1) is 11.0 Å². The van der Waals surface area contributed by atoms with E-state index in [9.17, 15) is 14.0 Å². The Labute approximate surface area is 124 Å². The highest BCUT2D eigenvalue weighted by Gasteiger charge is 2.17. The Bertz CT molecular complexity index is 518. The van der Waals surface area contributed by atoms with Gasteiger partial charge in [0.1, 0.15) is 5.82 Å². The maximum Gasteiger partial charge on any atom is 0.251 e. The van der Waals surface area contributed by atoms with E-state index in [-0.39, 0.29) is 16.9 Å². The molecule has 1 heterocycles. The molecule has 0 atom stereocenters. The smallest absolute Gasteiger partial charge is 0.251 e. The minimum absolute atomic E-state index is 0.0478. The van der Waals surface area contributed by atoms with Crippen LogP contribution in [0.2, 0.25) is 0 Å². The third-order valence-corrected chi connectivity index (χ3v) is 3.66. The van der Waals surface area contributed by atoms with Crippen LogP contribution in [-0.2, 0) is 4.79 Å². The average molecular weight is 344 g/mol. The molecule has 1 aliphatic rings. The zero-order valence-electron chi connectivity index (χ0n) is 10.8. The number of rotatable bonds is 3. The number of amides is 2. The van der Waals surface area contributed by atoms with Crippen molar-refractivity contribution in [1.29, 1.82) is 0 Å². The van der Waals surface area contributed by atoms with Gasteiger partial charge in [-0.25, -0.2) is 4.39 Å². The lowest BCUT2D eigenvalue weighted by atomic mass is 10.2. The summed E-state index contributed by atoms with van der Waals surface area (Å²) in [6.45, 7) is 2.79. The monoisotopic (exact) mass is 343 g/mol. The molecule has 0 bridgehead atoms. The second-order valence-electron chi connectivity index (χ2n) is 4.44. The fraction of sp³-hybridized carbons (Fsp3) is 0.385. The summed E-state index contributed by atoms with van der Waals surface area (Å²) in [4.78, 5) is 25.4. The van der Waals surface area contributed by atoms with Gasteiger partial charge in [-0.1, -0.05) is 0 Å². The van der Waals surface area contributed by atoms with Crippen LogP contribution >= 0.6 is 15.9 Å². The summed E-state index contributed by atoms with van der Waals surface area (Å²) in [6, 6.07) is 3.97. The summed E-state index contributed by atoms with van der Waals surface area (Å²) in [5.41, 5.74) is 0.311. The van der Waals surface area contributed by atoms with Crippen molar-refractivity contribution in [3.05, 3.63) is 34.1 Å². The zero-order valence-corrected chi connectivity index (χ0v) is 12.4. The zero-order chi connectivity index (χ0) is 14.5. The van der Waals surface area contributed by atoms with Gasteiger partial charge in [0.15, 0.2) is 0 Å². The van der Waals surface area contributed by atoms with Crippen molar-refractivity contribution >= 4 is 27.7 Å². The minimum Gasteiger partial charge on any atom is -0.343 e. The third kappa shape index (κ3) is 3.77. The lowest BCUT2D eigenvalue weighted by Gasteiger charge is -2.27. The molecule has 2 rings (SSSR count). The SMILES string of the molecule is O=C(NCC(=O)N1CCNCC1)c1ccc(F)c(Br)c1. The maximum atomic E-state index is 13.1. The summed E-state index contributed by atoms with van der Waals surface area (Å²) >= 11 is 3.02. The van der Waals surface area contributed by atoms with Gasteiger partial charge in [-0.3, -0.25) is 9.59 Å². The van der Waals surface area contributed by atoms with Crippen molar-refractivity contribution in [2.75, 3.05) is 32.7 Å². The van der Waals surface area contributed by atoms with Crippen molar-refractivity contribution in [3.8, 4) is 0 Å². The Morgan fingerprint density at radius 2 is 2.05 bits per heavy atom. The standard InChI is InChI=1S/C13H15BrFN3O2/c14-10-7-9(1-2-11(10)15)13(20)17-8-12(19)18-5-3-16-4-6-18/h1-2,7,16H,3-6,8H2,(H,17,20). The summed E-state index contributed by atoms with van der Waals surface area (Å²) in [6.07, 6.45) is 0. The molecule has 2 amide bonds. The van der Waals surface area contributed by atoms with Crippen molar-refractivity contribution in [3.63, 3.8) is 0 Å². The molecule has 1 aromatic rings. The van der Waals surface area contributed by atoms with Crippen LogP contribution in [0, 0.1) is 5.82 Å². The van der Waals surface area contributed by atoms with Crippen LogP contribution in [0.25, 0.3) is 0 Å². The number of carbonyl (C=O) groups is 2. The molecule has 0 aliphatic carbocycles. The first-order valence-corrected chi connectivity index (χ1v) is 7.09. The van der Waals surface area contributed by atoms with Crippen molar-refractivity contribution < 1.29 is 14.0 Å². The lowest BCUT2D eigenvalue weighted by molar-refractivity contribution is -0.130. The fourth-order valence-corrected chi connectivity index (χ4v) is 2.30. The van der Waals surface area contributed by atoms with Gasteiger partial charge in [-0.2, -0.15) is 0 Å². The van der Waals surface area contributed by atoms with Crippen molar-refractivity contribution in [2.24, 2.45) is 0 Å². The molecule has 0 unspecified atom stereocenters. The molecule has 20 heavy (non-hydrogen) atoms. The molecule has 0 saturated carbocycles. The molecule has 0 aromatic heterocycles. The van der Waals surface area contributed by atoms with E-state index in [0.29, 0.717) is 18.7 Å². The summed E-state index contributed by atoms with van der Waals surface area (Å²) in [5, 5.41) is 5.70. The molecule has 1 saturated heterocycles. The molecule has 5 nitrogen and oxygen atoms in total. The largest absolute Gasteiger partial charge is 0.343 e. The van der Waals surface area contributed by atoms with Gasteiger partial charge in [0, 0.05) is 31.7 Å². The Morgan fingerprint density at radius 3 is 2.70 bits per heavy atom. The summed E-state index contributed by atoms with van der Waals surface area (Å²) < 4.78 is 13.3. The molecule has 0 radical (unpaired) electrons. The summed E-state index contributed by atoms with van der Waals surface area (Å²) in [7, 11) is 0. The number of hydrogen-bond donors (Lipinski definition) is 2. The van der Waals surface area contributed by atoms with Crippen LogP contribution in [0.1, 0.15) is 10.4 Å². The van der Waals surface area contributed by atoms with Crippen LogP contribution in [0.15, 0.2) is 22.7 Å². The highest BCUT2D eigenvalue weighted by Crippen LogP contribution is 2.16. The van der Waals surface area contributed by atoms with Gasteiger partial charge < -0.3 is 15.5 Å². The number of halogens is 2. The van der Waals surface area contributed by atoms with Crippen LogP contribution in [0.5, 0.6) is 0 Å². The number of hydrogen-bond acceptors (Lipinski definition) is 3. The number of nitrogens with one attached hydrogen (secondary N) is 2. The Hall–Kier alpha value is -1.47.